The van der Waals surface area contributed by atoms with Gasteiger partial charge in [-0.2, -0.15) is 0 Å². The lowest BCUT2D eigenvalue weighted by molar-refractivity contribution is 0.102. The van der Waals surface area contributed by atoms with E-state index in [1.54, 1.807) is 24.3 Å². The summed E-state index contributed by atoms with van der Waals surface area (Å²) < 4.78 is 74.1. The Bertz CT molecular complexity index is 1280. The van der Waals surface area contributed by atoms with Gasteiger partial charge >= 0.3 is 0 Å². The smallest absolute Gasteiger partial charge is 0.255 e. The molecule has 0 spiro atoms. The maximum atomic E-state index is 14.0. The summed E-state index contributed by atoms with van der Waals surface area (Å²) in [6.45, 7) is 0. The number of fused-ring (bicyclic) bond motifs is 1. The number of halogens is 6. The second kappa shape index (κ2) is 7.52. The summed E-state index contributed by atoms with van der Waals surface area (Å²) in [7, 11) is 0. The van der Waals surface area contributed by atoms with Crippen LogP contribution in [-0.2, 0) is 0 Å². The number of carbonyl (C=O) groups excluding carboxylic acids is 1. The van der Waals surface area contributed by atoms with Crippen LogP contribution >= 0.6 is 15.9 Å². The van der Waals surface area contributed by atoms with Crippen LogP contribution in [0.25, 0.3) is 22.6 Å². The lowest BCUT2D eigenvalue weighted by atomic mass is 10.1. The van der Waals surface area contributed by atoms with Crippen molar-refractivity contribution in [3.63, 3.8) is 0 Å². The van der Waals surface area contributed by atoms with Crippen LogP contribution in [0.5, 0.6) is 0 Å². The van der Waals surface area contributed by atoms with Gasteiger partial charge < -0.3 is 9.73 Å². The van der Waals surface area contributed by atoms with E-state index in [9.17, 15) is 26.7 Å². The summed E-state index contributed by atoms with van der Waals surface area (Å²) in [5.74, 6) is -11.8. The van der Waals surface area contributed by atoms with Crippen molar-refractivity contribution in [3.05, 3.63) is 81.6 Å². The van der Waals surface area contributed by atoms with Gasteiger partial charge in [0.1, 0.15) is 11.1 Å². The molecule has 1 aromatic heterocycles. The molecule has 0 radical (unpaired) electrons. The van der Waals surface area contributed by atoms with Crippen LogP contribution < -0.4 is 5.32 Å². The average molecular weight is 483 g/mol. The zero-order chi connectivity index (χ0) is 21.6. The van der Waals surface area contributed by atoms with Crippen LogP contribution in [0.3, 0.4) is 0 Å². The van der Waals surface area contributed by atoms with Gasteiger partial charge in [-0.05, 0) is 42.5 Å². The maximum Gasteiger partial charge on any atom is 0.255 e. The molecule has 1 heterocycles. The van der Waals surface area contributed by atoms with E-state index in [4.69, 9.17) is 4.42 Å². The summed E-state index contributed by atoms with van der Waals surface area (Å²) in [5, 5.41) is 2.61. The Morgan fingerprint density at radius 3 is 2.10 bits per heavy atom. The highest BCUT2D eigenvalue weighted by Gasteiger charge is 2.29. The maximum absolute atomic E-state index is 14.0. The van der Waals surface area contributed by atoms with E-state index in [0.29, 0.717) is 5.56 Å². The summed E-state index contributed by atoms with van der Waals surface area (Å²) >= 11 is 3.26. The van der Waals surface area contributed by atoms with Gasteiger partial charge in [-0.15, -0.1) is 0 Å². The predicted octanol–water partition coefficient (Wildman–Crippen LogP) is 6.21. The predicted molar refractivity (Wildman–Crippen MR) is 101 cm³/mol. The monoisotopic (exact) mass is 482 g/mol. The number of hydrogen-bond acceptors (Lipinski definition) is 3. The zero-order valence-electron chi connectivity index (χ0n) is 14.6. The number of carbonyl (C=O) groups is 1. The minimum Gasteiger partial charge on any atom is -0.436 e. The van der Waals surface area contributed by atoms with Gasteiger partial charge in [-0.25, -0.2) is 26.9 Å². The molecule has 10 heteroatoms. The van der Waals surface area contributed by atoms with Crippen LogP contribution in [0.4, 0.5) is 27.6 Å². The first-order valence-electron chi connectivity index (χ1n) is 8.25. The van der Waals surface area contributed by atoms with Crippen molar-refractivity contribution in [2.24, 2.45) is 0 Å². The normalized spacial score (nSPS) is 11.1. The number of hydrogen-bond donors (Lipinski definition) is 1. The Kier molecular flexibility index (Phi) is 5.02. The summed E-state index contributed by atoms with van der Waals surface area (Å²) in [6.07, 6.45) is 0. The largest absolute Gasteiger partial charge is 0.436 e. The average Bonchev–Trinajstić information content (AvgIpc) is 3.14. The van der Waals surface area contributed by atoms with Gasteiger partial charge in [0.15, 0.2) is 28.9 Å². The molecule has 0 unspecified atom stereocenters. The van der Waals surface area contributed by atoms with E-state index >= 15 is 0 Å². The fourth-order valence-electron chi connectivity index (χ4n) is 2.71. The van der Waals surface area contributed by atoms with Crippen molar-refractivity contribution in [1.82, 2.24) is 4.98 Å². The molecule has 0 atom stereocenters. The first-order valence-corrected chi connectivity index (χ1v) is 9.05. The molecule has 1 N–H and O–H groups in total. The van der Waals surface area contributed by atoms with Crippen LogP contribution in [-0.4, -0.2) is 10.9 Å². The first-order chi connectivity index (χ1) is 14.3. The SMILES string of the molecule is O=C(Nc1ccc2oc(-c3c(F)c(F)c(F)c(F)c3F)nc2c1)c1ccc(Br)cc1. The molecule has 0 aliphatic heterocycles. The number of oxazole rings is 1. The Morgan fingerprint density at radius 1 is 0.867 bits per heavy atom. The summed E-state index contributed by atoms with van der Waals surface area (Å²) in [5.41, 5.74) is -0.547. The number of aromatic nitrogens is 1. The van der Waals surface area contributed by atoms with E-state index in [-0.39, 0.29) is 16.8 Å². The number of anilines is 1. The molecule has 4 rings (SSSR count). The second-order valence-electron chi connectivity index (χ2n) is 6.11. The van der Waals surface area contributed by atoms with Gasteiger partial charge in [0.2, 0.25) is 11.7 Å². The number of amides is 1. The molecular formula is C20H8BrF5N2O2. The molecule has 1 amide bonds. The minimum atomic E-state index is -2.28. The number of nitrogens with one attached hydrogen (secondary N) is 1. The number of rotatable bonds is 3. The lowest BCUT2D eigenvalue weighted by Crippen LogP contribution is -2.11. The van der Waals surface area contributed by atoms with Crippen molar-refractivity contribution < 1.29 is 31.2 Å². The Labute approximate surface area is 173 Å². The third-order valence-electron chi connectivity index (χ3n) is 4.18. The summed E-state index contributed by atoms with van der Waals surface area (Å²) in [6, 6.07) is 10.7. The van der Waals surface area contributed by atoms with Crippen LogP contribution in [0.2, 0.25) is 0 Å². The Morgan fingerprint density at radius 2 is 1.47 bits per heavy atom. The highest BCUT2D eigenvalue weighted by Crippen LogP contribution is 2.33. The zero-order valence-corrected chi connectivity index (χ0v) is 16.2. The molecular weight excluding hydrogens is 475 g/mol. The third-order valence-corrected chi connectivity index (χ3v) is 4.70. The highest BCUT2D eigenvalue weighted by molar-refractivity contribution is 9.10. The van der Waals surface area contributed by atoms with Crippen molar-refractivity contribution in [3.8, 4) is 11.5 Å². The van der Waals surface area contributed by atoms with Crippen molar-refractivity contribution in [2.75, 3.05) is 5.32 Å². The van der Waals surface area contributed by atoms with E-state index < -0.39 is 46.4 Å². The number of nitrogens with zero attached hydrogens (tertiary/aromatic N) is 1. The van der Waals surface area contributed by atoms with Gasteiger partial charge in [-0.1, -0.05) is 15.9 Å². The standard InChI is InChI=1S/C20H8BrF5N2O2/c21-9-3-1-8(2-4-9)19(29)27-10-5-6-12-11(7-10)28-20(30-12)13-14(22)16(24)18(26)17(25)15(13)23/h1-7H,(H,27,29). The summed E-state index contributed by atoms with van der Waals surface area (Å²) in [4.78, 5) is 16.1. The molecule has 4 aromatic rings. The molecule has 0 saturated heterocycles. The molecule has 0 bridgehead atoms. The topological polar surface area (TPSA) is 55.1 Å². The van der Waals surface area contributed by atoms with Crippen molar-refractivity contribution in [2.45, 2.75) is 0 Å². The molecule has 0 fully saturated rings. The Balaban J connectivity index is 1.70. The van der Waals surface area contributed by atoms with Gasteiger partial charge in [-0.3, -0.25) is 4.79 Å². The van der Waals surface area contributed by atoms with E-state index in [1.165, 1.54) is 18.2 Å². The van der Waals surface area contributed by atoms with Gasteiger partial charge in [0.25, 0.3) is 5.91 Å². The van der Waals surface area contributed by atoms with E-state index in [1.807, 2.05) is 0 Å². The molecule has 0 saturated carbocycles. The van der Waals surface area contributed by atoms with Crippen LogP contribution in [0.1, 0.15) is 10.4 Å². The molecule has 0 aliphatic rings. The lowest BCUT2D eigenvalue weighted by Gasteiger charge is -2.05. The van der Waals surface area contributed by atoms with Gasteiger partial charge in [0.05, 0.1) is 0 Å². The highest BCUT2D eigenvalue weighted by atomic mass is 79.9. The fraction of sp³-hybridized carbons (Fsp3) is 0. The van der Waals surface area contributed by atoms with Crippen LogP contribution in [0, 0.1) is 29.1 Å². The first kappa shape index (κ1) is 20.0. The van der Waals surface area contributed by atoms with Gasteiger partial charge in [0, 0.05) is 15.7 Å². The Hall–Kier alpha value is -3.27. The quantitative estimate of drug-likeness (QED) is 0.214. The third kappa shape index (κ3) is 3.43. The molecule has 4 nitrogen and oxygen atoms in total. The van der Waals surface area contributed by atoms with E-state index in [2.05, 4.69) is 26.2 Å². The molecule has 0 aliphatic carbocycles. The van der Waals surface area contributed by atoms with Crippen molar-refractivity contribution in [1.29, 1.82) is 0 Å². The molecule has 30 heavy (non-hydrogen) atoms. The second-order valence-corrected chi connectivity index (χ2v) is 7.02. The minimum absolute atomic E-state index is 0.0237. The number of benzene rings is 3. The van der Waals surface area contributed by atoms with Crippen molar-refractivity contribution >= 4 is 38.6 Å². The molecule has 3 aromatic carbocycles. The fourth-order valence-corrected chi connectivity index (χ4v) is 2.97. The molecule has 152 valence electrons. The van der Waals surface area contributed by atoms with E-state index in [0.717, 1.165) is 4.47 Å². The van der Waals surface area contributed by atoms with Crippen LogP contribution in [0.15, 0.2) is 51.4 Å².